The van der Waals surface area contributed by atoms with Crippen molar-refractivity contribution in [1.82, 2.24) is 4.98 Å². The molecular formula is C17H14BrN2O2S. The number of hydrogen-bond donors (Lipinski definition) is 1. The first-order chi connectivity index (χ1) is 10.9. The average Bonchev–Trinajstić information content (AvgIpc) is 2.45. The van der Waals surface area contributed by atoms with Crippen LogP contribution in [0.5, 0.6) is 0 Å². The van der Waals surface area contributed by atoms with Gasteiger partial charge in [0.1, 0.15) is 0 Å². The number of benzene rings is 2. The summed E-state index contributed by atoms with van der Waals surface area (Å²) in [5, 5.41) is 0.714. The number of rotatable bonds is 3. The predicted octanol–water partition coefficient (Wildman–Crippen LogP) is 4.22. The largest absolute Gasteiger partial charge is 0.279 e. The van der Waals surface area contributed by atoms with Gasteiger partial charge in [0.15, 0.2) is 0 Å². The first-order valence-corrected chi connectivity index (χ1v) is 9.21. The van der Waals surface area contributed by atoms with E-state index in [0.717, 1.165) is 4.47 Å². The van der Waals surface area contributed by atoms with Crippen LogP contribution in [-0.2, 0) is 10.0 Å². The molecule has 0 aliphatic carbocycles. The molecule has 0 amide bonds. The molecule has 3 rings (SSSR count). The number of pyridine rings is 1. The second kappa shape index (κ2) is 5.94. The molecule has 1 N–H and O–H groups in total. The van der Waals surface area contributed by atoms with Gasteiger partial charge >= 0.3 is 0 Å². The standard InChI is InChI=1S/C17H14BrN2O2S/c1-11-9-13(18)10-12(2)17(11)23(21,22)20-16-7-3-6-15-14(16)5-4-8-19-15/h3-5,7-10,20H,1-2H3. The Labute approximate surface area is 143 Å². The van der Waals surface area contributed by atoms with Crippen LogP contribution < -0.4 is 4.72 Å². The molecule has 4 nitrogen and oxygen atoms in total. The summed E-state index contributed by atoms with van der Waals surface area (Å²) in [6.45, 7) is 3.56. The number of sulfonamides is 1. The highest BCUT2D eigenvalue weighted by atomic mass is 79.9. The first-order valence-electron chi connectivity index (χ1n) is 6.93. The molecular weight excluding hydrogens is 376 g/mol. The zero-order valence-corrected chi connectivity index (χ0v) is 15.0. The Kier molecular flexibility index (Phi) is 4.12. The number of hydrogen-bond acceptors (Lipinski definition) is 3. The molecule has 3 aromatic rings. The maximum Gasteiger partial charge on any atom is 0.262 e. The molecule has 1 radical (unpaired) electrons. The molecule has 0 saturated carbocycles. The minimum Gasteiger partial charge on any atom is -0.279 e. The van der Waals surface area contributed by atoms with Gasteiger partial charge in [0.2, 0.25) is 0 Å². The lowest BCUT2D eigenvalue weighted by Crippen LogP contribution is -2.16. The molecule has 0 fully saturated rings. The lowest BCUT2D eigenvalue weighted by molar-refractivity contribution is 0.600. The van der Waals surface area contributed by atoms with Gasteiger partial charge in [0, 0.05) is 22.1 Å². The Morgan fingerprint density at radius 2 is 1.87 bits per heavy atom. The van der Waals surface area contributed by atoms with E-state index in [9.17, 15) is 8.42 Å². The average molecular weight is 390 g/mol. The monoisotopic (exact) mass is 389 g/mol. The Hall–Kier alpha value is -1.92. The number of aromatic nitrogens is 1. The van der Waals surface area contributed by atoms with Gasteiger partial charge in [-0.15, -0.1) is 0 Å². The van der Waals surface area contributed by atoms with Crippen molar-refractivity contribution in [1.29, 1.82) is 0 Å². The fourth-order valence-corrected chi connectivity index (χ4v) is 4.86. The van der Waals surface area contributed by atoms with Crippen molar-refractivity contribution < 1.29 is 8.42 Å². The third-order valence-electron chi connectivity index (χ3n) is 3.51. The van der Waals surface area contributed by atoms with Crippen molar-refractivity contribution in [3.05, 3.63) is 64.3 Å². The Balaban J connectivity index is 2.12. The molecule has 0 bridgehead atoms. The molecule has 23 heavy (non-hydrogen) atoms. The molecule has 1 aromatic heterocycles. The molecule has 0 atom stereocenters. The van der Waals surface area contributed by atoms with Crippen LogP contribution in [0.15, 0.2) is 52.0 Å². The Morgan fingerprint density at radius 1 is 1.17 bits per heavy atom. The van der Waals surface area contributed by atoms with Crippen LogP contribution in [0.2, 0.25) is 0 Å². The van der Waals surface area contributed by atoms with Crippen molar-refractivity contribution in [3.8, 4) is 0 Å². The fourth-order valence-electron chi connectivity index (χ4n) is 2.64. The number of fused-ring (bicyclic) bond motifs is 1. The summed E-state index contributed by atoms with van der Waals surface area (Å²) in [4.78, 5) is 4.49. The molecule has 0 unspecified atom stereocenters. The normalized spacial score (nSPS) is 11.6. The lowest BCUT2D eigenvalue weighted by atomic mass is 10.2. The minimum absolute atomic E-state index is 0.297. The molecule has 117 valence electrons. The summed E-state index contributed by atoms with van der Waals surface area (Å²) < 4.78 is 29.2. The van der Waals surface area contributed by atoms with E-state index in [0.29, 0.717) is 32.6 Å². The molecule has 0 spiro atoms. The summed E-state index contributed by atoms with van der Waals surface area (Å²) in [7, 11) is -3.70. The second-order valence-corrected chi connectivity index (χ2v) is 7.80. The summed E-state index contributed by atoms with van der Waals surface area (Å²) in [6.07, 6.45) is 1.65. The quantitative estimate of drug-likeness (QED) is 0.729. The van der Waals surface area contributed by atoms with E-state index >= 15 is 0 Å². The third kappa shape index (κ3) is 3.09. The van der Waals surface area contributed by atoms with E-state index in [1.807, 2.05) is 6.07 Å². The third-order valence-corrected chi connectivity index (χ3v) is 5.63. The minimum atomic E-state index is -3.70. The van der Waals surface area contributed by atoms with Gasteiger partial charge in [-0.2, -0.15) is 0 Å². The zero-order valence-electron chi connectivity index (χ0n) is 12.6. The number of anilines is 1. The number of aryl methyl sites for hydroxylation is 2. The van der Waals surface area contributed by atoms with Gasteiger partial charge in [-0.05, 0) is 61.4 Å². The first kappa shape index (κ1) is 16.0. The van der Waals surface area contributed by atoms with Crippen molar-refractivity contribution in [2.45, 2.75) is 18.7 Å². The van der Waals surface area contributed by atoms with E-state index < -0.39 is 10.0 Å². The van der Waals surface area contributed by atoms with Gasteiger partial charge in [0.25, 0.3) is 10.0 Å². The van der Waals surface area contributed by atoms with Gasteiger partial charge in [-0.1, -0.05) is 15.9 Å². The van der Waals surface area contributed by atoms with Gasteiger partial charge in [-0.25, -0.2) is 8.42 Å². The van der Waals surface area contributed by atoms with E-state index in [1.165, 1.54) is 0 Å². The molecule has 2 aromatic carbocycles. The van der Waals surface area contributed by atoms with E-state index in [-0.39, 0.29) is 0 Å². The summed E-state index contributed by atoms with van der Waals surface area (Å²) in [6, 6.07) is 13.5. The van der Waals surface area contributed by atoms with Gasteiger partial charge in [-0.3, -0.25) is 9.71 Å². The SMILES string of the molecule is Cc1cc(Br)cc(C)c1S(=O)(=O)Nc1cc[c]c2ncccc12. The summed E-state index contributed by atoms with van der Waals surface area (Å²) in [5.74, 6) is 0. The predicted molar refractivity (Wildman–Crippen MR) is 95.0 cm³/mol. The number of halogens is 1. The highest BCUT2D eigenvalue weighted by Gasteiger charge is 2.21. The summed E-state index contributed by atoms with van der Waals surface area (Å²) >= 11 is 3.39. The molecule has 1 heterocycles. The van der Waals surface area contributed by atoms with Crippen LogP contribution in [-0.4, -0.2) is 13.4 Å². The van der Waals surface area contributed by atoms with Crippen molar-refractivity contribution in [3.63, 3.8) is 0 Å². The number of nitrogens with one attached hydrogen (secondary N) is 1. The van der Waals surface area contributed by atoms with Crippen LogP contribution in [0.3, 0.4) is 0 Å². The van der Waals surface area contributed by atoms with Crippen LogP contribution in [0.4, 0.5) is 5.69 Å². The smallest absolute Gasteiger partial charge is 0.262 e. The van der Waals surface area contributed by atoms with Gasteiger partial charge in [0.05, 0.1) is 16.1 Å². The topological polar surface area (TPSA) is 59.1 Å². The van der Waals surface area contributed by atoms with E-state index in [1.54, 1.807) is 50.4 Å². The van der Waals surface area contributed by atoms with Crippen LogP contribution in [0.1, 0.15) is 11.1 Å². The maximum atomic E-state index is 12.8. The van der Waals surface area contributed by atoms with Crippen molar-refractivity contribution >= 4 is 42.5 Å². The molecule has 0 aliphatic heterocycles. The summed E-state index contributed by atoms with van der Waals surface area (Å²) in [5.41, 5.74) is 2.49. The molecule has 0 aliphatic rings. The Morgan fingerprint density at radius 3 is 2.57 bits per heavy atom. The Bertz CT molecular complexity index is 972. The number of nitrogens with zero attached hydrogens (tertiary/aromatic N) is 1. The van der Waals surface area contributed by atoms with Gasteiger partial charge < -0.3 is 0 Å². The zero-order chi connectivity index (χ0) is 16.6. The lowest BCUT2D eigenvalue weighted by Gasteiger charge is -2.14. The molecule has 0 saturated heterocycles. The van der Waals surface area contributed by atoms with Crippen LogP contribution in [0.25, 0.3) is 10.9 Å². The van der Waals surface area contributed by atoms with E-state index in [2.05, 4.69) is 31.7 Å². The highest BCUT2D eigenvalue weighted by Crippen LogP contribution is 2.28. The van der Waals surface area contributed by atoms with E-state index in [4.69, 9.17) is 0 Å². The van der Waals surface area contributed by atoms with Crippen LogP contribution in [0, 0.1) is 19.9 Å². The second-order valence-electron chi connectivity index (χ2n) is 5.27. The van der Waals surface area contributed by atoms with Crippen LogP contribution >= 0.6 is 15.9 Å². The fraction of sp³-hybridized carbons (Fsp3) is 0.118. The van der Waals surface area contributed by atoms with Crippen molar-refractivity contribution in [2.75, 3.05) is 4.72 Å². The van der Waals surface area contributed by atoms with Crippen molar-refractivity contribution in [2.24, 2.45) is 0 Å². The maximum absolute atomic E-state index is 12.8. The highest BCUT2D eigenvalue weighted by molar-refractivity contribution is 9.10. The molecule has 6 heteroatoms.